The Hall–Kier alpha value is -3.79. The minimum absolute atomic E-state index is 0.0208. The lowest BCUT2D eigenvalue weighted by molar-refractivity contribution is -0.125. The molecule has 1 atom stereocenters. The van der Waals surface area contributed by atoms with Crippen molar-refractivity contribution in [2.24, 2.45) is 5.92 Å². The Balaban J connectivity index is 1.28. The third-order valence-corrected chi connectivity index (χ3v) is 7.63. The monoisotopic (exact) mass is 504 g/mol. The number of piperidine rings is 1. The molecule has 2 aromatic carbocycles. The molecule has 5 rings (SSSR count). The van der Waals surface area contributed by atoms with E-state index in [9.17, 15) is 13.2 Å². The van der Waals surface area contributed by atoms with Crippen molar-refractivity contribution in [2.45, 2.75) is 31.2 Å². The summed E-state index contributed by atoms with van der Waals surface area (Å²) < 4.78 is 25.1. The van der Waals surface area contributed by atoms with Gasteiger partial charge >= 0.3 is 0 Å². The highest BCUT2D eigenvalue weighted by Crippen LogP contribution is 2.28. The molecule has 36 heavy (non-hydrogen) atoms. The van der Waals surface area contributed by atoms with Crippen molar-refractivity contribution in [1.82, 2.24) is 25.1 Å². The van der Waals surface area contributed by atoms with Crippen LogP contribution in [0.25, 0.3) is 16.7 Å². The second-order valence-corrected chi connectivity index (χ2v) is 11.3. The highest BCUT2D eigenvalue weighted by molar-refractivity contribution is 7.90. The third kappa shape index (κ3) is 5.08. The van der Waals surface area contributed by atoms with Crippen LogP contribution in [0.3, 0.4) is 0 Å². The Morgan fingerprint density at radius 2 is 1.83 bits per heavy atom. The van der Waals surface area contributed by atoms with Crippen molar-refractivity contribution >= 4 is 32.6 Å². The molecule has 1 aliphatic heterocycles. The Kier molecular flexibility index (Phi) is 6.44. The molecule has 4 aromatic rings. The quantitative estimate of drug-likeness (QED) is 0.430. The number of fused-ring (bicyclic) bond motifs is 1. The molecule has 0 saturated carbocycles. The first-order chi connectivity index (χ1) is 17.3. The van der Waals surface area contributed by atoms with E-state index in [1.807, 2.05) is 42.1 Å². The van der Waals surface area contributed by atoms with E-state index in [1.54, 1.807) is 24.3 Å². The van der Waals surface area contributed by atoms with Crippen molar-refractivity contribution < 1.29 is 13.2 Å². The van der Waals surface area contributed by atoms with Gasteiger partial charge in [-0.3, -0.25) is 4.79 Å². The summed E-state index contributed by atoms with van der Waals surface area (Å²) >= 11 is 0. The summed E-state index contributed by atoms with van der Waals surface area (Å²) in [5.74, 6) is 0.589. The molecule has 0 spiro atoms. The Labute approximate surface area is 210 Å². The number of hydrogen-bond donors (Lipinski definition) is 1. The number of nitrogens with zero attached hydrogens (tertiary/aromatic N) is 5. The lowest BCUT2D eigenvalue weighted by Gasteiger charge is -2.33. The van der Waals surface area contributed by atoms with Crippen LogP contribution >= 0.6 is 0 Å². The Morgan fingerprint density at radius 1 is 1.08 bits per heavy atom. The van der Waals surface area contributed by atoms with E-state index in [0.29, 0.717) is 18.7 Å². The van der Waals surface area contributed by atoms with Gasteiger partial charge in [0.15, 0.2) is 15.5 Å². The summed E-state index contributed by atoms with van der Waals surface area (Å²) in [6.07, 6.45) is 6.32. The van der Waals surface area contributed by atoms with Crippen LogP contribution in [0.1, 0.15) is 24.0 Å². The first-order valence-corrected chi connectivity index (χ1v) is 13.8. The fourth-order valence-electron chi connectivity index (χ4n) is 4.48. The number of benzene rings is 2. The number of hydrogen-bond acceptors (Lipinski definition) is 7. The van der Waals surface area contributed by atoms with E-state index in [1.165, 1.54) is 18.1 Å². The molecular weight excluding hydrogens is 476 g/mol. The number of amides is 1. The highest BCUT2D eigenvalue weighted by Gasteiger charge is 2.28. The van der Waals surface area contributed by atoms with Crippen molar-refractivity contribution in [3.05, 3.63) is 72.2 Å². The van der Waals surface area contributed by atoms with E-state index < -0.39 is 9.84 Å². The molecule has 1 amide bonds. The Bertz CT molecular complexity index is 1500. The normalized spacial score (nSPS) is 16.3. The zero-order valence-electron chi connectivity index (χ0n) is 20.3. The summed E-state index contributed by atoms with van der Waals surface area (Å²) in [5.41, 5.74) is 3.60. The molecule has 2 aromatic heterocycles. The molecule has 0 radical (unpaired) electrons. The first-order valence-electron chi connectivity index (χ1n) is 11.9. The van der Waals surface area contributed by atoms with Gasteiger partial charge in [-0.2, -0.15) is 0 Å². The average molecular weight is 505 g/mol. The molecule has 3 heterocycles. The van der Waals surface area contributed by atoms with Crippen LogP contribution in [0.2, 0.25) is 0 Å². The van der Waals surface area contributed by atoms with Crippen LogP contribution in [0.4, 0.5) is 5.82 Å². The number of anilines is 1. The summed E-state index contributed by atoms with van der Waals surface area (Å²) in [4.78, 5) is 24.3. The number of rotatable bonds is 6. The second kappa shape index (κ2) is 9.69. The molecule has 1 saturated heterocycles. The average Bonchev–Trinajstić information content (AvgIpc) is 3.32. The van der Waals surface area contributed by atoms with Gasteiger partial charge in [-0.15, -0.1) is 5.10 Å². The van der Waals surface area contributed by atoms with Crippen LogP contribution in [0.5, 0.6) is 0 Å². The summed E-state index contributed by atoms with van der Waals surface area (Å²) in [6.45, 7) is 3.75. The number of carbonyl (C=O) groups excluding carboxylic acids is 1. The molecule has 1 fully saturated rings. The smallest absolute Gasteiger partial charge is 0.225 e. The van der Waals surface area contributed by atoms with Gasteiger partial charge < -0.3 is 10.2 Å². The van der Waals surface area contributed by atoms with E-state index in [2.05, 4.69) is 25.3 Å². The summed E-state index contributed by atoms with van der Waals surface area (Å²) in [7, 11) is -3.24. The second-order valence-electron chi connectivity index (χ2n) is 9.26. The lowest BCUT2D eigenvalue weighted by atomic mass is 9.97. The number of aromatic nitrogens is 4. The maximum absolute atomic E-state index is 13.0. The minimum Gasteiger partial charge on any atom is -0.355 e. The van der Waals surface area contributed by atoms with Gasteiger partial charge in [0, 0.05) is 32.1 Å². The zero-order valence-corrected chi connectivity index (χ0v) is 21.1. The fraction of sp³-hybridized carbons (Fsp3) is 0.308. The number of carbonyl (C=O) groups is 1. The molecule has 10 heteroatoms. The van der Waals surface area contributed by atoms with Crippen LogP contribution in [-0.2, 0) is 21.2 Å². The first kappa shape index (κ1) is 23.9. The summed E-state index contributed by atoms with van der Waals surface area (Å²) in [6, 6.07) is 14.7. The number of aryl methyl sites for hydroxylation is 1. The molecule has 9 nitrogen and oxygen atoms in total. The zero-order chi connectivity index (χ0) is 25.3. The van der Waals surface area contributed by atoms with Crippen molar-refractivity contribution in [2.75, 3.05) is 24.2 Å². The van der Waals surface area contributed by atoms with Gasteiger partial charge in [-0.1, -0.05) is 29.8 Å². The lowest BCUT2D eigenvalue weighted by Crippen LogP contribution is -2.43. The topological polar surface area (TPSA) is 110 Å². The predicted octanol–water partition coefficient (Wildman–Crippen LogP) is 3.06. The van der Waals surface area contributed by atoms with Gasteiger partial charge in [0.1, 0.15) is 12.1 Å². The molecular formula is C26H28N6O3S. The molecule has 1 N–H and O–H groups in total. The van der Waals surface area contributed by atoms with E-state index in [0.717, 1.165) is 41.8 Å². The highest BCUT2D eigenvalue weighted by atomic mass is 32.2. The molecule has 1 unspecified atom stereocenters. The van der Waals surface area contributed by atoms with Crippen molar-refractivity contribution in [3.63, 3.8) is 0 Å². The number of sulfone groups is 1. The molecule has 0 bridgehead atoms. The van der Waals surface area contributed by atoms with Gasteiger partial charge in [0.25, 0.3) is 0 Å². The van der Waals surface area contributed by atoms with Crippen molar-refractivity contribution in [1.29, 1.82) is 0 Å². The van der Waals surface area contributed by atoms with E-state index in [-0.39, 0.29) is 16.7 Å². The molecule has 186 valence electrons. The third-order valence-electron chi connectivity index (χ3n) is 6.50. The largest absolute Gasteiger partial charge is 0.355 e. The van der Waals surface area contributed by atoms with Gasteiger partial charge in [0.2, 0.25) is 5.91 Å². The van der Waals surface area contributed by atoms with Crippen LogP contribution in [0, 0.1) is 12.8 Å². The maximum Gasteiger partial charge on any atom is 0.225 e. The van der Waals surface area contributed by atoms with Crippen LogP contribution < -0.4 is 10.2 Å². The molecule has 0 aliphatic carbocycles. The minimum atomic E-state index is -3.24. The molecule has 1 aliphatic rings. The SMILES string of the molecule is Cc1ccc(-n2cc3c(N4CCCC(C(=O)NCc5ccc(S(C)(=O)=O)cc5)C4)ncnc3n2)cc1. The van der Waals surface area contributed by atoms with E-state index in [4.69, 9.17) is 0 Å². The van der Waals surface area contributed by atoms with Crippen LogP contribution in [-0.4, -0.2) is 53.4 Å². The summed E-state index contributed by atoms with van der Waals surface area (Å²) in [5, 5.41) is 8.48. The van der Waals surface area contributed by atoms with Gasteiger partial charge in [0.05, 0.1) is 21.9 Å². The maximum atomic E-state index is 13.0. The van der Waals surface area contributed by atoms with E-state index >= 15 is 0 Å². The van der Waals surface area contributed by atoms with Gasteiger partial charge in [-0.05, 0) is 49.6 Å². The number of nitrogens with one attached hydrogen (secondary N) is 1. The predicted molar refractivity (Wildman–Crippen MR) is 138 cm³/mol. The van der Waals surface area contributed by atoms with Gasteiger partial charge in [-0.25, -0.2) is 23.1 Å². The van der Waals surface area contributed by atoms with Crippen LogP contribution in [0.15, 0.2) is 66.0 Å². The van der Waals surface area contributed by atoms with Crippen molar-refractivity contribution in [3.8, 4) is 5.69 Å². The standard InChI is InChI=1S/C26H28N6O3S/c1-18-5-9-21(10-6-18)32-16-23-24(30-32)28-17-29-25(23)31-13-3-4-20(15-31)26(33)27-14-19-7-11-22(12-8-19)36(2,34)35/h5-12,16-17,20H,3-4,13-15H2,1-2H3,(H,27,33). The Morgan fingerprint density at radius 3 is 2.56 bits per heavy atom. The fourth-order valence-corrected chi connectivity index (χ4v) is 5.11.